The van der Waals surface area contributed by atoms with Gasteiger partial charge in [0.25, 0.3) is 0 Å². The maximum atomic E-state index is 14.9. The minimum atomic E-state index is -1.78. The van der Waals surface area contributed by atoms with Gasteiger partial charge in [-0.25, -0.2) is 4.98 Å². The summed E-state index contributed by atoms with van der Waals surface area (Å²) in [6.45, 7) is -2.96. The van der Waals surface area contributed by atoms with Crippen LogP contribution in [0.2, 0.25) is 0 Å². The SMILES string of the molecule is NC(N)=NCCC[C@H](NC(=O)[C@H](Cc1ccc(O)cc1)NC(=O)[C@H](Cc1c[nH]c2ccccc12)NC(=O)[C@H](Cc1cnc[nH]1)NC(=O)[C@H](CCC(=O)O)NC(=O)[C@H](CO)NC(=O)[C@@H](N)CCC(=O)O)C(=O)N[C@@H](CO)C(=O)NCC(=O)O. The lowest BCUT2D eigenvalue weighted by Crippen LogP contribution is -2.61. The molecule has 8 amide bonds. The Morgan fingerprint density at radius 1 is 0.561 bits per heavy atom. The zero-order valence-corrected chi connectivity index (χ0v) is 44.0. The number of rotatable bonds is 35. The Bertz CT molecular complexity index is 2900. The number of amides is 8. The number of carboxylic acids is 3. The van der Waals surface area contributed by atoms with Crippen molar-refractivity contribution >= 4 is 82.0 Å². The number of hydrogen-bond acceptors (Lipinski definition) is 17. The van der Waals surface area contributed by atoms with E-state index < -0.39 is 153 Å². The van der Waals surface area contributed by atoms with Crippen LogP contribution in [0.3, 0.4) is 0 Å². The molecule has 2 heterocycles. The number of phenols is 1. The molecule has 82 heavy (non-hydrogen) atoms. The lowest BCUT2D eigenvalue weighted by molar-refractivity contribution is -0.139. The van der Waals surface area contributed by atoms with Gasteiger partial charge in [-0.2, -0.15) is 0 Å². The van der Waals surface area contributed by atoms with Gasteiger partial charge in [0.15, 0.2) is 5.96 Å². The topological polar surface area (TPSA) is 540 Å². The highest BCUT2D eigenvalue weighted by Gasteiger charge is 2.35. The van der Waals surface area contributed by atoms with E-state index in [4.69, 9.17) is 27.4 Å². The molecule has 32 nitrogen and oxygen atoms in total. The number of benzene rings is 2. The number of aliphatic hydroxyl groups is 2. The van der Waals surface area contributed by atoms with E-state index in [2.05, 4.69) is 57.2 Å². The number of aromatic amines is 2. The molecule has 0 aliphatic rings. The van der Waals surface area contributed by atoms with Gasteiger partial charge in [-0.3, -0.25) is 57.7 Å². The number of nitrogens with zero attached hydrogens (tertiary/aromatic N) is 2. The lowest BCUT2D eigenvalue weighted by atomic mass is 10.0. The van der Waals surface area contributed by atoms with E-state index in [9.17, 15) is 73.2 Å². The molecule has 0 fully saturated rings. The number of aromatic hydroxyl groups is 1. The minimum absolute atomic E-state index is 0.0378. The van der Waals surface area contributed by atoms with Crippen molar-refractivity contribution in [2.75, 3.05) is 26.3 Å². The Labute approximate surface area is 466 Å². The molecule has 0 bridgehead atoms. The summed E-state index contributed by atoms with van der Waals surface area (Å²) >= 11 is 0. The van der Waals surface area contributed by atoms with E-state index in [1.807, 2.05) is 5.32 Å². The molecular weight excluding hydrogens is 1080 g/mol. The number of carboxylic acid groups (broad SMARTS) is 3. The Morgan fingerprint density at radius 3 is 1.62 bits per heavy atom. The highest BCUT2D eigenvalue weighted by Crippen LogP contribution is 2.20. The van der Waals surface area contributed by atoms with Crippen molar-refractivity contribution < 1.29 is 83.4 Å². The molecule has 2 aromatic carbocycles. The number of aromatic nitrogens is 3. The van der Waals surface area contributed by atoms with Crippen LogP contribution < -0.4 is 59.7 Å². The van der Waals surface area contributed by atoms with Gasteiger partial charge in [0, 0.05) is 67.6 Å². The largest absolute Gasteiger partial charge is 0.508 e. The van der Waals surface area contributed by atoms with Crippen LogP contribution in [0.5, 0.6) is 5.75 Å². The highest BCUT2D eigenvalue weighted by molar-refractivity contribution is 5.99. The molecule has 2 aromatic heterocycles. The Kier molecular flexibility index (Phi) is 25.6. The lowest BCUT2D eigenvalue weighted by Gasteiger charge is -2.28. The number of nitrogens with one attached hydrogen (secondary N) is 10. The third-order valence-corrected chi connectivity index (χ3v) is 12.3. The number of fused-ring (bicyclic) bond motifs is 1. The van der Waals surface area contributed by atoms with Crippen LogP contribution in [0.15, 0.2) is 72.2 Å². The second-order valence-corrected chi connectivity index (χ2v) is 18.5. The first-order chi connectivity index (χ1) is 39.0. The average molecular weight is 1150 g/mol. The molecule has 4 aromatic rings. The summed E-state index contributed by atoms with van der Waals surface area (Å²) in [5, 5.41) is 77.2. The van der Waals surface area contributed by atoms with Crippen LogP contribution >= 0.6 is 0 Å². The second kappa shape index (κ2) is 32.4. The van der Waals surface area contributed by atoms with Crippen molar-refractivity contribution in [2.24, 2.45) is 22.2 Å². The van der Waals surface area contributed by atoms with Crippen molar-refractivity contribution in [3.63, 3.8) is 0 Å². The van der Waals surface area contributed by atoms with Gasteiger partial charge >= 0.3 is 17.9 Å². The van der Waals surface area contributed by atoms with Crippen LogP contribution in [0.1, 0.15) is 55.3 Å². The normalized spacial score (nSPS) is 13.9. The van der Waals surface area contributed by atoms with Crippen molar-refractivity contribution in [1.82, 2.24) is 57.5 Å². The number of hydrogen-bond donors (Lipinski definition) is 19. The molecule has 0 saturated heterocycles. The summed E-state index contributed by atoms with van der Waals surface area (Å²) in [4.78, 5) is 159. The maximum Gasteiger partial charge on any atom is 0.322 e. The number of aliphatic imine (C=N–C) groups is 1. The number of carbonyl (C=O) groups is 11. The molecule has 22 N–H and O–H groups in total. The summed E-state index contributed by atoms with van der Waals surface area (Å²) in [6.07, 6.45) is 0.777. The average Bonchev–Trinajstić information content (AvgIpc) is 4.33. The van der Waals surface area contributed by atoms with Gasteiger partial charge in [-0.05, 0) is 55.0 Å². The van der Waals surface area contributed by atoms with Crippen LogP contribution in [0.4, 0.5) is 0 Å². The highest BCUT2D eigenvalue weighted by atomic mass is 16.4. The molecule has 32 heteroatoms. The number of para-hydroxylation sites is 1. The molecule has 0 unspecified atom stereocenters. The third kappa shape index (κ3) is 21.5. The Balaban J connectivity index is 1.71. The second-order valence-electron chi connectivity index (χ2n) is 18.5. The van der Waals surface area contributed by atoms with E-state index in [0.29, 0.717) is 22.0 Å². The van der Waals surface area contributed by atoms with Crippen molar-refractivity contribution in [3.05, 3.63) is 84.1 Å². The van der Waals surface area contributed by atoms with E-state index in [-0.39, 0.29) is 62.5 Å². The van der Waals surface area contributed by atoms with Crippen LogP contribution in [0, 0.1) is 0 Å². The van der Waals surface area contributed by atoms with E-state index in [1.165, 1.54) is 36.8 Å². The first kappa shape index (κ1) is 64.8. The van der Waals surface area contributed by atoms with Crippen LogP contribution in [-0.4, -0.2) is 191 Å². The van der Waals surface area contributed by atoms with Crippen molar-refractivity contribution in [3.8, 4) is 5.75 Å². The molecule has 0 saturated carbocycles. The quantitative estimate of drug-likeness (QED) is 0.0116. The summed E-state index contributed by atoms with van der Waals surface area (Å²) in [7, 11) is 0. The number of nitrogens with two attached hydrogens (primary N) is 3. The zero-order valence-electron chi connectivity index (χ0n) is 44.0. The molecule has 0 spiro atoms. The van der Waals surface area contributed by atoms with Crippen LogP contribution in [0.25, 0.3) is 10.9 Å². The maximum absolute atomic E-state index is 14.9. The number of H-pyrrole nitrogens is 2. The monoisotopic (exact) mass is 1150 g/mol. The predicted octanol–water partition coefficient (Wildman–Crippen LogP) is -5.69. The Morgan fingerprint density at radius 2 is 1.06 bits per heavy atom. The number of guanidine groups is 1. The molecule has 0 aliphatic carbocycles. The number of imidazole rings is 1. The first-order valence-electron chi connectivity index (χ1n) is 25.4. The standard InChI is InChI=1S/C50H67N15O17/c51-30(11-13-39(69)70)42(75)64-38(23-67)49(82)60-33(12-14-40(71)72)45(78)63-36(18-27-20-54-24-58-27)48(81)62-35(17-26-19-56-31-5-2-1-4-29(26)31)47(80)61-34(16-25-7-9-28(68)10-8-25)46(79)59-32(6-3-15-55-50(52)53)44(77)65-37(22-66)43(76)57-21-41(73)74/h1-2,4-5,7-10,19-20,24,30,32-38,56,66-68H,3,6,11-18,21-23,51H2,(H,54,58)(H,57,76)(H,59,79)(H,60,82)(H,61,80)(H,62,81)(H,63,78)(H,64,75)(H,65,77)(H,69,70)(H,71,72)(H,73,74)(H4,52,53,55)/t30-,32-,33-,34-,35-,36-,37-,38-/m0/s1. The molecule has 4 rings (SSSR count). The van der Waals surface area contributed by atoms with Gasteiger partial charge in [0.05, 0.1) is 25.6 Å². The fourth-order valence-electron chi connectivity index (χ4n) is 7.94. The van der Waals surface area contributed by atoms with Gasteiger partial charge in [-0.1, -0.05) is 30.3 Å². The molecule has 0 aliphatic heterocycles. The fourth-order valence-corrected chi connectivity index (χ4v) is 7.94. The fraction of sp³-hybridized carbons (Fsp3) is 0.420. The van der Waals surface area contributed by atoms with E-state index >= 15 is 0 Å². The summed E-state index contributed by atoms with van der Waals surface area (Å²) in [5.74, 6) is -13.1. The van der Waals surface area contributed by atoms with Gasteiger partial charge in [0.2, 0.25) is 47.3 Å². The first-order valence-corrected chi connectivity index (χ1v) is 25.4. The number of aliphatic carboxylic acids is 3. The molecule has 8 atom stereocenters. The third-order valence-electron chi connectivity index (χ3n) is 12.3. The van der Waals surface area contributed by atoms with Gasteiger partial charge in [-0.15, -0.1) is 0 Å². The summed E-state index contributed by atoms with van der Waals surface area (Å²) in [5.41, 5.74) is 18.4. The van der Waals surface area contributed by atoms with Crippen LogP contribution in [-0.2, 0) is 72.0 Å². The molecule has 0 radical (unpaired) electrons. The molecule has 444 valence electrons. The van der Waals surface area contributed by atoms with Gasteiger partial charge in [0.1, 0.15) is 54.6 Å². The minimum Gasteiger partial charge on any atom is -0.508 e. The van der Waals surface area contributed by atoms with Crippen molar-refractivity contribution in [2.45, 2.75) is 106 Å². The van der Waals surface area contributed by atoms with E-state index in [1.54, 1.807) is 30.5 Å². The molecular formula is C50H67N15O17. The summed E-state index contributed by atoms with van der Waals surface area (Å²) in [6, 6.07) is -0.736. The van der Waals surface area contributed by atoms with Gasteiger partial charge < -0.3 is 100 Å². The number of aliphatic hydroxyl groups excluding tert-OH is 2. The smallest absolute Gasteiger partial charge is 0.322 e. The van der Waals surface area contributed by atoms with Crippen molar-refractivity contribution in [1.29, 1.82) is 0 Å². The number of carbonyl (C=O) groups excluding carboxylic acids is 8. The predicted molar refractivity (Wildman–Crippen MR) is 286 cm³/mol. The number of phenolic OH excluding ortho intramolecular Hbond substituents is 1. The summed E-state index contributed by atoms with van der Waals surface area (Å²) < 4.78 is 0. The Hall–Kier alpha value is -9.69. The van der Waals surface area contributed by atoms with E-state index in [0.717, 1.165) is 0 Å². The zero-order chi connectivity index (χ0) is 60.5.